The van der Waals surface area contributed by atoms with Gasteiger partial charge in [-0.25, -0.2) is 4.98 Å². The second-order valence-corrected chi connectivity index (χ2v) is 7.67. The summed E-state index contributed by atoms with van der Waals surface area (Å²) < 4.78 is 13.4. The third kappa shape index (κ3) is 1.95. The van der Waals surface area contributed by atoms with Crippen molar-refractivity contribution in [3.63, 3.8) is 0 Å². The Morgan fingerprint density at radius 2 is 1.70 bits per heavy atom. The smallest absolute Gasteiger partial charge is 0.260 e. The molecule has 0 radical (unpaired) electrons. The van der Waals surface area contributed by atoms with Crippen molar-refractivity contribution >= 4 is 54.8 Å². The van der Waals surface area contributed by atoms with Gasteiger partial charge < -0.3 is 13.4 Å². The number of rotatable bonds is 0. The van der Waals surface area contributed by atoms with Gasteiger partial charge in [-0.2, -0.15) is 0 Å². The number of fused-ring (bicyclic) bond motifs is 6. The Bertz CT molecular complexity index is 1820. The van der Waals surface area contributed by atoms with E-state index in [1.807, 2.05) is 44.2 Å². The molecule has 0 unspecified atom stereocenters. The number of benzene rings is 2. The molecule has 146 valence electrons. The van der Waals surface area contributed by atoms with Crippen molar-refractivity contribution in [2.45, 2.75) is 13.8 Å². The van der Waals surface area contributed by atoms with Crippen LogP contribution in [0.1, 0.15) is 11.1 Å². The minimum atomic E-state index is -0.198. The first-order chi connectivity index (χ1) is 14.5. The maximum absolute atomic E-state index is 13.5. The van der Waals surface area contributed by atoms with E-state index in [0.717, 1.165) is 27.4 Å². The molecule has 6 rings (SSSR count). The predicted molar refractivity (Wildman–Crippen MR) is 117 cm³/mol. The highest BCUT2D eigenvalue weighted by molar-refractivity contribution is 6.08. The van der Waals surface area contributed by atoms with Crippen LogP contribution in [0.5, 0.6) is 0 Å². The van der Waals surface area contributed by atoms with Gasteiger partial charge in [0.05, 0.1) is 33.5 Å². The van der Waals surface area contributed by atoms with Crippen LogP contribution >= 0.6 is 0 Å². The lowest BCUT2D eigenvalue weighted by Crippen LogP contribution is -2.18. The van der Waals surface area contributed by atoms with Gasteiger partial charge in [0.1, 0.15) is 11.2 Å². The Balaban J connectivity index is 1.91. The van der Waals surface area contributed by atoms with Crippen LogP contribution in [0.2, 0.25) is 0 Å². The average Bonchev–Trinajstić information content (AvgIpc) is 3.25. The first-order valence-corrected chi connectivity index (χ1v) is 9.62. The van der Waals surface area contributed by atoms with Crippen molar-refractivity contribution in [1.82, 2.24) is 9.55 Å². The van der Waals surface area contributed by atoms with Crippen LogP contribution in [0, 0.1) is 13.8 Å². The molecule has 0 spiro atoms. The van der Waals surface area contributed by atoms with Gasteiger partial charge >= 0.3 is 0 Å². The van der Waals surface area contributed by atoms with Crippen molar-refractivity contribution in [3.05, 3.63) is 74.4 Å². The molecule has 6 aromatic rings. The van der Waals surface area contributed by atoms with E-state index in [0.29, 0.717) is 32.8 Å². The Kier molecular flexibility index (Phi) is 3.15. The van der Waals surface area contributed by atoms with Crippen LogP contribution in [0.3, 0.4) is 0 Å². The summed E-state index contributed by atoms with van der Waals surface area (Å²) in [6.07, 6.45) is 1.61. The number of hydrogen-bond acceptors (Lipinski definition) is 5. The van der Waals surface area contributed by atoms with Gasteiger partial charge in [0.15, 0.2) is 0 Å². The van der Waals surface area contributed by atoms with Gasteiger partial charge in [-0.05, 0) is 37.6 Å². The second-order valence-electron chi connectivity index (χ2n) is 7.67. The largest absolute Gasteiger partial charge is 0.464 e. The molecule has 4 aromatic heterocycles. The highest BCUT2D eigenvalue weighted by Crippen LogP contribution is 2.33. The quantitative estimate of drug-likeness (QED) is 0.274. The van der Waals surface area contributed by atoms with Crippen LogP contribution < -0.4 is 11.0 Å². The molecule has 0 fully saturated rings. The molecule has 30 heavy (non-hydrogen) atoms. The first kappa shape index (κ1) is 17.0. The molecule has 6 heteroatoms. The van der Waals surface area contributed by atoms with Crippen molar-refractivity contribution in [2.24, 2.45) is 7.05 Å². The molecule has 0 saturated heterocycles. The van der Waals surface area contributed by atoms with Gasteiger partial charge in [0, 0.05) is 23.4 Å². The Morgan fingerprint density at radius 1 is 0.900 bits per heavy atom. The summed E-state index contributed by atoms with van der Waals surface area (Å²) in [7, 11) is 1.72. The number of nitrogens with zero attached hydrogens (tertiary/aromatic N) is 2. The fourth-order valence-electron chi connectivity index (χ4n) is 4.48. The van der Waals surface area contributed by atoms with E-state index in [2.05, 4.69) is 4.98 Å². The van der Waals surface area contributed by atoms with E-state index in [4.69, 9.17) is 8.83 Å². The fourth-order valence-corrected chi connectivity index (χ4v) is 4.48. The molecule has 0 aliphatic heterocycles. The molecule has 0 amide bonds. The van der Waals surface area contributed by atoms with E-state index in [9.17, 15) is 9.59 Å². The monoisotopic (exact) mass is 396 g/mol. The molecule has 0 atom stereocenters. The van der Waals surface area contributed by atoms with Crippen molar-refractivity contribution in [3.8, 4) is 0 Å². The minimum Gasteiger partial charge on any atom is -0.464 e. The van der Waals surface area contributed by atoms with E-state index >= 15 is 0 Å². The second kappa shape index (κ2) is 5.57. The van der Waals surface area contributed by atoms with Crippen LogP contribution in [0.15, 0.2) is 61.1 Å². The molecular formula is C24H16N2O4. The molecule has 6 nitrogen and oxygen atoms in total. The van der Waals surface area contributed by atoms with E-state index in [1.165, 1.54) is 0 Å². The maximum Gasteiger partial charge on any atom is 0.260 e. The number of hydrogen-bond donors (Lipinski definition) is 0. The molecule has 0 bridgehead atoms. The molecule has 2 aromatic carbocycles. The van der Waals surface area contributed by atoms with Crippen molar-refractivity contribution in [1.29, 1.82) is 0 Å². The van der Waals surface area contributed by atoms with Crippen LogP contribution in [0.4, 0.5) is 0 Å². The minimum absolute atomic E-state index is 0.195. The zero-order valence-electron chi connectivity index (χ0n) is 16.6. The zero-order valence-corrected chi connectivity index (χ0v) is 16.6. The normalized spacial score (nSPS) is 12.1. The van der Waals surface area contributed by atoms with Crippen molar-refractivity contribution < 1.29 is 8.83 Å². The van der Waals surface area contributed by atoms with Gasteiger partial charge in [-0.3, -0.25) is 9.59 Å². The summed E-state index contributed by atoms with van der Waals surface area (Å²) in [4.78, 5) is 31.1. The van der Waals surface area contributed by atoms with E-state index in [1.54, 1.807) is 23.9 Å². The summed E-state index contributed by atoms with van der Waals surface area (Å²) in [6, 6.07) is 11.0. The third-order valence-corrected chi connectivity index (χ3v) is 6.07. The highest BCUT2D eigenvalue weighted by Gasteiger charge is 2.20. The summed E-state index contributed by atoms with van der Waals surface area (Å²) in [5, 5.41) is 2.89. The maximum atomic E-state index is 13.5. The molecule has 0 N–H and O–H groups in total. The number of furan rings is 1. The zero-order chi connectivity index (χ0) is 20.7. The first-order valence-electron chi connectivity index (χ1n) is 9.62. The summed E-state index contributed by atoms with van der Waals surface area (Å²) >= 11 is 0. The van der Waals surface area contributed by atoms with E-state index in [-0.39, 0.29) is 16.7 Å². The predicted octanol–water partition coefficient (Wildman–Crippen LogP) is 4.71. The Morgan fingerprint density at radius 3 is 2.53 bits per heavy atom. The fraction of sp³-hybridized carbons (Fsp3) is 0.125. The summed E-state index contributed by atoms with van der Waals surface area (Å²) in [6.45, 7) is 3.75. The van der Waals surface area contributed by atoms with Crippen molar-refractivity contribution in [2.75, 3.05) is 0 Å². The topological polar surface area (TPSA) is 78.2 Å². The number of aryl methyl sites for hydroxylation is 3. The molecular weight excluding hydrogens is 380 g/mol. The molecule has 0 aliphatic rings. The lowest BCUT2D eigenvalue weighted by molar-refractivity contribution is 0.608. The molecule has 0 saturated carbocycles. The SMILES string of the molecule is Cc1c2occc2c(C)c2c(=O)c3cc4c(=O)n(C)c5ccccc5c4nc3oc12. The summed E-state index contributed by atoms with van der Waals surface area (Å²) in [5.74, 6) is 0. The van der Waals surface area contributed by atoms with Gasteiger partial charge in [0.25, 0.3) is 5.56 Å². The van der Waals surface area contributed by atoms with Gasteiger partial charge in [0.2, 0.25) is 11.1 Å². The van der Waals surface area contributed by atoms with Crippen LogP contribution in [-0.2, 0) is 7.05 Å². The van der Waals surface area contributed by atoms with Gasteiger partial charge in [-0.1, -0.05) is 18.2 Å². The standard InChI is InChI=1S/C24H16N2O4/c1-11-13-8-9-29-21(13)12(2)22-18(11)20(27)16-10-15-19(25-23(16)30-22)14-6-4-5-7-17(14)26(3)24(15)28/h4-10H,1-3H3. The van der Waals surface area contributed by atoms with Crippen LogP contribution in [-0.4, -0.2) is 9.55 Å². The Hall–Kier alpha value is -3.93. The number of para-hydroxylation sites is 1. The number of pyridine rings is 2. The molecule has 4 heterocycles. The average molecular weight is 396 g/mol. The van der Waals surface area contributed by atoms with Gasteiger partial charge in [-0.15, -0.1) is 0 Å². The van der Waals surface area contributed by atoms with E-state index < -0.39 is 0 Å². The lowest BCUT2D eigenvalue weighted by Gasteiger charge is -2.11. The summed E-state index contributed by atoms with van der Waals surface area (Å²) in [5.41, 5.74) is 3.83. The highest BCUT2D eigenvalue weighted by atomic mass is 16.3. The lowest BCUT2D eigenvalue weighted by atomic mass is 10.0. The third-order valence-electron chi connectivity index (χ3n) is 6.07. The number of aromatic nitrogens is 2. The molecule has 0 aliphatic carbocycles. The Labute approximate surface area is 169 Å². The van der Waals surface area contributed by atoms with Crippen LogP contribution in [0.25, 0.3) is 54.8 Å².